The predicted molar refractivity (Wildman–Crippen MR) is 113 cm³/mol. The standard InChI is InChI=1S/C23H30N2O3/c1-15(2)14-24-23(27)19-7-9-21(18(5)12-19)25-22(26)10-11-28-20-8-6-16(3)17(4)13-20/h6-9,12-13,15H,10-11,14H2,1-5H3,(H,24,27)(H,25,26). The SMILES string of the molecule is Cc1ccc(OCCC(=O)Nc2ccc(C(=O)NCC(C)C)cc2C)cc1C. The van der Waals surface area contributed by atoms with Crippen LogP contribution in [-0.4, -0.2) is 25.0 Å². The van der Waals surface area contributed by atoms with Crippen LogP contribution in [0.4, 0.5) is 5.69 Å². The highest BCUT2D eigenvalue weighted by Crippen LogP contribution is 2.18. The van der Waals surface area contributed by atoms with E-state index in [1.165, 1.54) is 5.56 Å². The Hall–Kier alpha value is -2.82. The second-order valence-electron chi connectivity index (χ2n) is 7.53. The third-order valence-corrected chi connectivity index (χ3v) is 4.51. The van der Waals surface area contributed by atoms with E-state index in [1.807, 2.05) is 52.8 Å². The normalized spacial score (nSPS) is 10.6. The lowest BCUT2D eigenvalue weighted by atomic mass is 10.1. The van der Waals surface area contributed by atoms with Gasteiger partial charge in [-0.1, -0.05) is 19.9 Å². The lowest BCUT2D eigenvalue weighted by Gasteiger charge is -2.12. The Morgan fingerprint density at radius 2 is 1.71 bits per heavy atom. The average molecular weight is 383 g/mol. The number of aryl methyl sites for hydroxylation is 3. The van der Waals surface area contributed by atoms with Gasteiger partial charge >= 0.3 is 0 Å². The summed E-state index contributed by atoms with van der Waals surface area (Å²) in [5.41, 5.74) is 4.52. The second kappa shape index (κ2) is 9.93. The van der Waals surface area contributed by atoms with Gasteiger partial charge in [-0.15, -0.1) is 0 Å². The molecule has 0 aromatic heterocycles. The van der Waals surface area contributed by atoms with E-state index < -0.39 is 0 Å². The summed E-state index contributed by atoms with van der Waals surface area (Å²) in [6, 6.07) is 11.2. The number of rotatable bonds is 8. The van der Waals surface area contributed by atoms with Gasteiger partial charge in [-0.2, -0.15) is 0 Å². The molecule has 0 bridgehead atoms. The molecule has 2 N–H and O–H groups in total. The molecule has 2 amide bonds. The fourth-order valence-corrected chi connectivity index (χ4v) is 2.62. The summed E-state index contributed by atoms with van der Waals surface area (Å²) in [5, 5.41) is 5.78. The van der Waals surface area contributed by atoms with Crippen LogP contribution in [0, 0.1) is 26.7 Å². The highest BCUT2D eigenvalue weighted by Gasteiger charge is 2.10. The fraction of sp³-hybridized carbons (Fsp3) is 0.391. The number of hydrogen-bond acceptors (Lipinski definition) is 3. The van der Waals surface area contributed by atoms with Crippen molar-refractivity contribution in [3.63, 3.8) is 0 Å². The average Bonchev–Trinajstić information content (AvgIpc) is 2.64. The zero-order chi connectivity index (χ0) is 20.7. The first-order chi connectivity index (χ1) is 13.3. The molecule has 0 atom stereocenters. The van der Waals surface area contributed by atoms with Crippen molar-refractivity contribution < 1.29 is 14.3 Å². The number of carbonyl (C=O) groups is 2. The van der Waals surface area contributed by atoms with E-state index in [4.69, 9.17) is 4.74 Å². The summed E-state index contributed by atoms with van der Waals surface area (Å²) in [5.74, 6) is 0.943. The summed E-state index contributed by atoms with van der Waals surface area (Å²) in [6.45, 7) is 11.0. The van der Waals surface area contributed by atoms with Crippen LogP contribution in [0.25, 0.3) is 0 Å². The van der Waals surface area contributed by atoms with Gasteiger partial charge in [0.1, 0.15) is 5.75 Å². The number of ether oxygens (including phenoxy) is 1. The van der Waals surface area contributed by atoms with Crippen molar-refractivity contribution in [2.45, 2.75) is 41.0 Å². The number of carbonyl (C=O) groups excluding carboxylic acids is 2. The summed E-state index contributed by atoms with van der Waals surface area (Å²) in [6.07, 6.45) is 0.253. The lowest BCUT2D eigenvalue weighted by molar-refractivity contribution is -0.116. The maximum atomic E-state index is 12.2. The van der Waals surface area contributed by atoms with E-state index in [-0.39, 0.29) is 18.2 Å². The van der Waals surface area contributed by atoms with Crippen LogP contribution >= 0.6 is 0 Å². The van der Waals surface area contributed by atoms with Gasteiger partial charge in [0.15, 0.2) is 0 Å². The molecule has 0 radical (unpaired) electrons. The third-order valence-electron chi connectivity index (χ3n) is 4.51. The van der Waals surface area contributed by atoms with E-state index in [1.54, 1.807) is 18.2 Å². The van der Waals surface area contributed by atoms with Gasteiger partial charge < -0.3 is 15.4 Å². The number of hydrogen-bond donors (Lipinski definition) is 2. The molecule has 0 saturated heterocycles. The van der Waals surface area contributed by atoms with Crippen LogP contribution in [0.15, 0.2) is 36.4 Å². The first-order valence-electron chi connectivity index (χ1n) is 9.65. The highest BCUT2D eigenvalue weighted by molar-refractivity contribution is 5.96. The molecule has 2 aromatic rings. The molecule has 0 unspecified atom stereocenters. The Morgan fingerprint density at radius 1 is 0.964 bits per heavy atom. The minimum atomic E-state index is -0.121. The van der Waals surface area contributed by atoms with Crippen LogP contribution < -0.4 is 15.4 Å². The van der Waals surface area contributed by atoms with Gasteiger partial charge in [-0.3, -0.25) is 9.59 Å². The van der Waals surface area contributed by atoms with Gasteiger partial charge in [-0.25, -0.2) is 0 Å². The maximum absolute atomic E-state index is 12.2. The first kappa shape index (κ1) is 21.5. The summed E-state index contributed by atoms with van der Waals surface area (Å²) in [4.78, 5) is 24.3. The molecular formula is C23H30N2O3. The second-order valence-corrected chi connectivity index (χ2v) is 7.53. The predicted octanol–water partition coefficient (Wildman–Crippen LogP) is 4.41. The Balaban J connectivity index is 1.85. The molecule has 150 valence electrons. The van der Waals surface area contributed by atoms with Crippen LogP contribution in [0.5, 0.6) is 5.75 Å². The lowest BCUT2D eigenvalue weighted by Crippen LogP contribution is -2.27. The van der Waals surface area contributed by atoms with Crippen LogP contribution in [-0.2, 0) is 4.79 Å². The topological polar surface area (TPSA) is 67.4 Å². The van der Waals surface area contributed by atoms with Gasteiger partial charge in [-0.05, 0) is 73.7 Å². The Labute approximate surface area is 167 Å². The summed E-state index contributed by atoms with van der Waals surface area (Å²) >= 11 is 0. The quantitative estimate of drug-likeness (QED) is 0.711. The molecule has 0 aliphatic heterocycles. The third kappa shape index (κ3) is 6.41. The van der Waals surface area contributed by atoms with E-state index in [0.717, 1.165) is 16.9 Å². The molecule has 0 aliphatic carbocycles. The number of amides is 2. The van der Waals surface area contributed by atoms with Crippen LogP contribution in [0.1, 0.15) is 47.3 Å². The Kier molecular flexibility index (Phi) is 7.61. The van der Waals surface area contributed by atoms with Crippen molar-refractivity contribution in [1.82, 2.24) is 5.32 Å². The van der Waals surface area contributed by atoms with Gasteiger partial charge in [0, 0.05) is 17.8 Å². The van der Waals surface area contributed by atoms with E-state index in [2.05, 4.69) is 10.6 Å². The molecule has 2 aromatic carbocycles. The van der Waals surface area contributed by atoms with Crippen molar-refractivity contribution in [2.75, 3.05) is 18.5 Å². The summed E-state index contributed by atoms with van der Waals surface area (Å²) in [7, 11) is 0. The van der Waals surface area contributed by atoms with Crippen LogP contribution in [0.2, 0.25) is 0 Å². The van der Waals surface area contributed by atoms with Crippen molar-refractivity contribution in [3.8, 4) is 5.75 Å². The first-order valence-corrected chi connectivity index (χ1v) is 9.65. The molecular weight excluding hydrogens is 352 g/mol. The van der Waals surface area contributed by atoms with Gasteiger partial charge in [0.2, 0.25) is 5.91 Å². The molecule has 5 nitrogen and oxygen atoms in total. The van der Waals surface area contributed by atoms with E-state index in [9.17, 15) is 9.59 Å². The van der Waals surface area contributed by atoms with E-state index >= 15 is 0 Å². The highest BCUT2D eigenvalue weighted by atomic mass is 16.5. The number of nitrogens with one attached hydrogen (secondary N) is 2. The smallest absolute Gasteiger partial charge is 0.251 e. The minimum Gasteiger partial charge on any atom is -0.493 e. The molecule has 0 heterocycles. The maximum Gasteiger partial charge on any atom is 0.251 e. The monoisotopic (exact) mass is 382 g/mol. The summed E-state index contributed by atoms with van der Waals surface area (Å²) < 4.78 is 5.66. The van der Waals surface area contributed by atoms with Gasteiger partial charge in [0.05, 0.1) is 13.0 Å². The molecule has 28 heavy (non-hydrogen) atoms. The molecule has 5 heteroatoms. The van der Waals surface area contributed by atoms with Crippen molar-refractivity contribution >= 4 is 17.5 Å². The van der Waals surface area contributed by atoms with Crippen molar-refractivity contribution in [1.29, 1.82) is 0 Å². The molecule has 0 fully saturated rings. The Morgan fingerprint density at radius 3 is 2.36 bits per heavy atom. The number of anilines is 1. The van der Waals surface area contributed by atoms with Crippen LogP contribution in [0.3, 0.4) is 0 Å². The fourth-order valence-electron chi connectivity index (χ4n) is 2.62. The van der Waals surface area contributed by atoms with Gasteiger partial charge in [0.25, 0.3) is 5.91 Å². The van der Waals surface area contributed by atoms with Crippen molar-refractivity contribution in [2.24, 2.45) is 5.92 Å². The zero-order valence-corrected chi connectivity index (χ0v) is 17.4. The Bertz CT molecular complexity index is 844. The largest absolute Gasteiger partial charge is 0.493 e. The minimum absolute atomic E-state index is 0.100. The van der Waals surface area contributed by atoms with E-state index in [0.29, 0.717) is 30.3 Å². The molecule has 0 aliphatic rings. The van der Waals surface area contributed by atoms with Crippen molar-refractivity contribution in [3.05, 3.63) is 58.7 Å². The zero-order valence-electron chi connectivity index (χ0n) is 17.4. The molecule has 0 saturated carbocycles. The molecule has 2 rings (SSSR count). The molecule has 0 spiro atoms. The number of benzene rings is 2.